The normalized spacial score (nSPS) is 12.5. The Morgan fingerprint density at radius 3 is 2.92 bits per heavy atom. The highest BCUT2D eigenvalue weighted by atomic mass is 16.5. The molecule has 0 aliphatic heterocycles. The van der Waals surface area contributed by atoms with Crippen molar-refractivity contribution in [1.82, 2.24) is 0 Å². The minimum atomic E-state index is -0.486. The van der Waals surface area contributed by atoms with Crippen LogP contribution in [0.3, 0.4) is 0 Å². The Morgan fingerprint density at radius 1 is 1.54 bits per heavy atom. The van der Waals surface area contributed by atoms with Gasteiger partial charge in [0.05, 0.1) is 13.2 Å². The maximum Gasteiger partial charge on any atom is 0.119 e. The molecule has 13 heavy (non-hydrogen) atoms. The molecule has 3 heteroatoms. The van der Waals surface area contributed by atoms with Crippen LogP contribution in [0, 0.1) is 0 Å². The second-order valence-electron chi connectivity index (χ2n) is 2.87. The minimum Gasteiger partial charge on any atom is -0.497 e. The average molecular weight is 181 g/mol. The monoisotopic (exact) mass is 181 g/mol. The van der Waals surface area contributed by atoms with Gasteiger partial charge in [0.25, 0.3) is 0 Å². The first-order valence-corrected chi connectivity index (χ1v) is 4.30. The number of nitrogens with two attached hydrogens (primary N) is 1. The van der Waals surface area contributed by atoms with Crippen molar-refractivity contribution in [1.29, 1.82) is 0 Å². The van der Waals surface area contributed by atoms with E-state index in [1.54, 1.807) is 7.11 Å². The van der Waals surface area contributed by atoms with Crippen LogP contribution in [0.15, 0.2) is 24.3 Å². The molecule has 0 aliphatic rings. The second kappa shape index (κ2) is 4.84. The molecule has 1 unspecified atom stereocenters. The summed E-state index contributed by atoms with van der Waals surface area (Å²) in [6, 6.07) is 7.38. The zero-order valence-corrected chi connectivity index (χ0v) is 7.73. The second-order valence-corrected chi connectivity index (χ2v) is 2.87. The highest BCUT2D eigenvalue weighted by Gasteiger charge is 2.06. The van der Waals surface area contributed by atoms with Gasteiger partial charge in [0, 0.05) is 0 Å². The number of ether oxygens (including phenoxy) is 1. The van der Waals surface area contributed by atoms with Crippen LogP contribution in [0.1, 0.15) is 18.1 Å². The Hall–Kier alpha value is -1.06. The molecular weight excluding hydrogens is 166 g/mol. The third-order valence-electron chi connectivity index (χ3n) is 1.92. The third kappa shape index (κ3) is 2.72. The predicted octanol–water partition coefficient (Wildman–Crippen LogP) is 1.08. The van der Waals surface area contributed by atoms with Gasteiger partial charge >= 0.3 is 0 Å². The Kier molecular flexibility index (Phi) is 3.73. The molecule has 0 aromatic heterocycles. The molecule has 0 aliphatic carbocycles. The lowest BCUT2D eigenvalue weighted by Crippen LogP contribution is -2.06. The van der Waals surface area contributed by atoms with Crippen molar-refractivity contribution in [2.24, 2.45) is 5.73 Å². The Morgan fingerprint density at radius 2 is 2.31 bits per heavy atom. The van der Waals surface area contributed by atoms with Gasteiger partial charge < -0.3 is 15.6 Å². The highest BCUT2D eigenvalue weighted by Crippen LogP contribution is 2.20. The Labute approximate surface area is 78.1 Å². The lowest BCUT2D eigenvalue weighted by Gasteiger charge is -2.10. The van der Waals surface area contributed by atoms with Gasteiger partial charge in [0.1, 0.15) is 5.75 Å². The molecule has 0 radical (unpaired) electrons. The van der Waals surface area contributed by atoms with Crippen molar-refractivity contribution in [3.8, 4) is 5.75 Å². The van der Waals surface area contributed by atoms with Gasteiger partial charge in [-0.3, -0.25) is 0 Å². The van der Waals surface area contributed by atoms with Crippen LogP contribution >= 0.6 is 0 Å². The van der Waals surface area contributed by atoms with Crippen LogP contribution in [-0.2, 0) is 0 Å². The van der Waals surface area contributed by atoms with E-state index in [2.05, 4.69) is 0 Å². The molecule has 72 valence electrons. The van der Waals surface area contributed by atoms with Gasteiger partial charge in [-0.05, 0) is 30.7 Å². The molecule has 0 saturated heterocycles. The number of aliphatic hydroxyl groups excluding tert-OH is 1. The van der Waals surface area contributed by atoms with E-state index >= 15 is 0 Å². The molecule has 0 fully saturated rings. The zero-order chi connectivity index (χ0) is 9.68. The largest absolute Gasteiger partial charge is 0.497 e. The quantitative estimate of drug-likeness (QED) is 0.730. The van der Waals surface area contributed by atoms with E-state index in [0.717, 1.165) is 11.3 Å². The van der Waals surface area contributed by atoms with Crippen LogP contribution in [-0.4, -0.2) is 18.8 Å². The van der Waals surface area contributed by atoms with Gasteiger partial charge in [-0.1, -0.05) is 12.1 Å². The smallest absolute Gasteiger partial charge is 0.119 e. The van der Waals surface area contributed by atoms with Crippen molar-refractivity contribution in [2.45, 2.75) is 12.5 Å². The molecule has 1 rings (SSSR count). The van der Waals surface area contributed by atoms with Crippen molar-refractivity contribution >= 4 is 0 Å². The van der Waals surface area contributed by atoms with Crippen LogP contribution in [0.25, 0.3) is 0 Å². The van der Waals surface area contributed by atoms with Gasteiger partial charge in [-0.25, -0.2) is 0 Å². The van der Waals surface area contributed by atoms with Crippen molar-refractivity contribution in [3.63, 3.8) is 0 Å². The zero-order valence-electron chi connectivity index (χ0n) is 7.73. The molecule has 0 heterocycles. The van der Waals surface area contributed by atoms with Crippen molar-refractivity contribution < 1.29 is 9.84 Å². The summed E-state index contributed by atoms with van der Waals surface area (Å²) in [6.45, 7) is 0.485. The van der Waals surface area contributed by atoms with Gasteiger partial charge in [0.15, 0.2) is 0 Å². The molecular formula is C10H15NO2. The van der Waals surface area contributed by atoms with E-state index in [1.165, 1.54) is 0 Å². The molecule has 0 saturated carbocycles. The van der Waals surface area contributed by atoms with Gasteiger partial charge in [0.2, 0.25) is 0 Å². The Bertz CT molecular complexity index is 263. The van der Waals surface area contributed by atoms with E-state index in [9.17, 15) is 5.11 Å². The fraction of sp³-hybridized carbons (Fsp3) is 0.400. The van der Waals surface area contributed by atoms with E-state index < -0.39 is 6.10 Å². The third-order valence-corrected chi connectivity index (χ3v) is 1.92. The summed E-state index contributed by atoms with van der Waals surface area (Å²) >= 11 is 0. The molecule has 3 N–H and O–H groups in total. The number of benzene rings is 1. The molecule has 3 nitrogen and oxygen atoms in total. The minimum absolute atomic E-state index is 0.485. The van der Waals surface area contributed by atoms with Crippen LogP contribution in [0.4, 0.5) is 0 Å². The summed E-state index contributed by atoms with van der Waals surface area (Å²) in [4.78, 5) is 0. The fourth-order valence-electron chi connectivity index (χ4n) is 1.17. The maximum atomic E-state index is 9.60. The molecule has 0 amide bonds. The summed E-state index contributed by atoms with van der Waals surface area (Å²) in [5, 5.41) is 9.60. The fourth-order valence-corrected chi connectivity index (χ4v) is 1.17. The summed E-state index contributed by atoms with van der Waals surface area (Å²) in [7, 11) is 1.61. The van der Waals surface area contributed by atoms with E-state index in [-0.39, 0.29) is 0 Å². The van der Waals surface area contributed by atoms with E-state index in [0.29, 0.717) is 13.0 Å². The average Bonchev–Trinajstić information content (AvgIpc) is 2.18. The first-order chi connectivity index (χ1) is 6.27. The molecule has 1 aromatic carbocycles. The van der Waals surface area contributed by atoms with Crippen LogP contribution in [0.5, 0.6) is 5.75 Å². The topological polar surface area (TPSA) is 55.5 Å². The van der Waals surface area contributed by atoms with Gasteiger partial charge in [-0.2, -0.15) is 0 Å². The van der Waals surface area contributed by atoms with E-state index in [1.807, 2.05) is 24.3 Å². The lowest BCUT2D eigenvalue weighted by atomic mass is 10.1. The van der Waals surface area contributed by atoms with Gasteiger partial charge in [-0.15, -0.1) is 0 Å². The Balaban J connectivity index is 2.75. The predicted molar refractivity (Wildman–Crippen MR) is 51.6 cm³/mol. The number of aliphatic hydroxyl groups is 1. The standard InChI is InChI=1S/C10H15NO2/c1-13-9-4-2-3-8(7-9)10(12)5-6-11/h2-4,7,10,12H,5-6,11H2,1H3. The molecule has 1 atom stereocenters. The highest BCUT2D eigenvalue weighted by molar-refractivity contribution is 5.29. The summed E-state index contributed by atoms with van der Waals surface area (Å²) in [5.41, 5.74) is 6.20. The molecule has 0 spiro atoms. The maximum absolute atomic E-state index is 9.60. The summed E-state index contributed by atoms with van der Waals surface area (Å²) in [5.74, 6) is 0.758. The van der Waals surface area contributed by atoms with Crippen LogP contribution in [0.2, 0.25) is 0 Å². The number of rotatable bonds is 4. The van der Waals surface area contributed by atoms with Crippen molar-refractivity contribution in [2.75, 3.05) is 13.7 Å². The van der Waals surface area contributed by atoms with E-state index in [4.69, 9.17) is 10.5 Å². The first-order valence-electron chi connectivity index (χ1n) is 4.30. The first kappa shape index (κ1) is 10.0. The number of hydrogen-bond donors (Lipinski definition) is 2. The number of hydrogen-bond acceptors (Lipinski definition) is 3. The van der Waals surface area contributed by atoms with Crippen LogP contribution < -0.4 is 10.5 Å². The number of methoxy groups -OCH3 is 1. The summed E-state index contributed by atoms with van der Waals surface area (Å²) in [6.07, 6.45) is 0.0905. The molecule has 0 bridgehead atoms. The summed E-state index contributed by atoms with van der Waals surface area (Å²) < 4.78 is 5.04. The van der Waals surface area contributed by atoms with Crippen molar-refractivity contribution in [3.05, 3.63) is 29.8 Å². The SMILES string of the molecule is COc1cccc(C(O)CCN)c1. The molecule has 1 aromatic rings. The lowest BCUT2D eigenvalue weighted by molar-refractivity contribution is 0.170.